The summed E-state index contributed by atoms with van der Waals surface area (Å²) in [4.78, 5) is 36.8. The number of hydrogen-bond donors (Lipinski definition) is 3. The minimum absolute atomic E-state index is 0.0166. The lowest BCUT2D eigenvalue weighted by Gasteiger charge is -2.33. The second-order valence-corrected chi connectivity index (χ2v) is 9.82. The first kappa shape index (κ1) is 27.0. The normalized spacial score (nSPS) is 14.9. The van der Waals surface area contributed by atoms with Crippen LogP contribution in [0.15, 0.2) is 11.6 Å². The number of rotatable bonds is 9. The van der Waals surface area contributed by atoms with Crippen molar-refractivity contribution in [3.8, 4) is 0 Å². The Morgan fingerprint density at radius 3 is 1.97 bits per heavy atom. The first-order valence-electron chi connectivity index (χ1n) is 10.3. The average Bonchev–Trinajstić information content (AvgIpc) is 2.51. The van der Waals surface area contributed by atoms with Crippen molar-refractivity contribution >= 4 is 18.0 Å². The van der Waals surface area contributed by atoms with Crippen molar-refractivity contribution in [2.24, 2.45) is 11.3 Å². The summed E-state index contributed by atoms with van der Waals surface area (Å²) in [6.07, 6.45) is 3.05. The fourth-order valence-corrected chi connectivity index (χ4v) is 2.59. The largest absolute Gasteiger partial charge is 0.478 e. The highest BCUT2D eigenvalue weighted by atomic mass is 16.6. The molecular formula is C22H40N2O5. The number of carbonyl (C=O) groups is 3. The monoisotopic (exact) mass is 412 g/mol. The summed E-state index contributed by atoms with van der Waals surface area (Å²) in [5.41, 5.74) is -0.954. The zero-order valence-corrected chi connectivity index (χ0v) is 19.5. The minimum atomic E-state index is -0.974. The lowest BCUT2D eigenvalue weighted by atomic mass is 9.85. The number of unbranched alkanes of at least 4 members (excludes halogenated alkanes) is 1. The first-order valence-corrected chi connectivity index (χ1v) is 10.3. The molecule has 3 N–H and O–H groups in total. The van der Waals surface area contributed by atoms with Gasteiger partial charge in [-0.2, -0.15) is 0 Å². The van der Waals surface area contributed by atoms with Gasteiger partial charge < -0.3 is 20.5 Å². The van der Waals surface area contributed by atoms with Crippen LogP contribution in [-0.2, 0) is 14.3 Å². The Kier molecular flexibility index (Phi) is 10.4. The van der Waals surface area contributed by atoms with Crippen LogP contribution in [0.5, 0.6) is 0 Å². The first-order chi connectivity index (χ1) is 13.1. The molecule has 2 atom stereocenters. The summed E-state index contributed by atoms with van der Waals surface area (Å²) in [5, 5.41) is 15.0. The molecule has 168 valence electrons. The van der Waals surface area contributed by atoms with E-state index in [0.717, 1.165) is 12.8 Å². The second-order valence-electron chi connectivity index (χ2n) is 9.82. The number of aliphatic carboxylic acids is 1. The maximum Gasteiger partial charge on any atom is 0.408 e. The molecule has 0 aliphatic rings. The van der Waals surface area contributed by atoms with E-state index in [-0.39, 0.29) is 11.8 Å². The van der Waals surface area contributed by atoms with Crippen molar-refractivity contribution in [2.75, 3.05) is 0 Å². The average molecular weight is 413 g/mol. The van der Waals surface area contributed by atoms with Gasteiger partial charge in [-0.1, -0.05) is 54.0 Å². The van der Waals surface area contributed by atoms with Crippen LogP contribution in [0.25, 0.3) is 0 Å². The van der Waals surface area contributed by atoms with Gasteiger partial charge in [0.2, 0.25) is 5.91 Å². The van der Waals surface area contributed by atoms with Crippen molar-refractivity contribution in [2.45, 2.75) is 99.3 Å². The molecule has 0 saturated carbocycles. The minimum Gasteiger partial charge on any atom is -0.478 e. The zero-order chi connectivity index (χ0) is 23.0. The Labute approximate surface area is 175 Å². The molecule has 0 radical (unpaired) electrons. The van der Waals surface area contributed by atoms with Crippen molar-refractivity contribution in [3.63, 3.8) is 0 Å². The van der Waals surface area contributed by atoms with Crippen LogP contribution in [0.1, 0.15) is 81.6 Å². The predicted molar refractivity (Wildman–Crippen MR) is 115 cm³/mol. The van der Waals surface area contributed by atoms with Gasteiger partial charge in [0.25, 0.3) is 0 Å². The van der Waals surface area contributed by atoms with E-state index < -0.39 is 35.2 Å². The van der Waals surface area contributed by atoms with E-state index in [2.05, 4.69) is 10.6 Å². The van der Waals surface area contributed by atoms with E-state index in [1.54, 1.807) is 26.8 Å². The third-order valence-electron chi connectivity index (χ3n) is 4.27. The molecular weight excluding hydrogens is 372 g/mol. The molecule has 0 aromatic heterocycles. The number of carboxylic acids is 1. The molecule has 0 spiro atoms. The molecule has 0 saturated heterocycles. The third-order valence-corrected chi connectivity index (χ3v) is 4.27. The third kappa shape index (κ3) is 10.9. The summed E-state index contributed by atoms with van der Waals surface area (Å²) >= 11 is 0. The SMILES string of the molecule is CCCCC(=C[C@@H](NC(=O)[C@@H](NC(=O)OC(C)(C)C)C(C)(C)C)C(C)C)C(=O)O. The Morgan fingerprint density at radius 1 is 1.03 bits per heavy atom. The smallest absolute Gasteiger partial charge is 0.408 e. The Hall–Kier alpha value is -2.05. The van der Waals surface area contributed by atoms with Gasteiger partial charge in [-0.05, 0) is 44.9 Å². The lowest BCUT2D eigenvalue weighted by Crippen LogP contribution is -2.56. The van der Waals surface area contributed by atoms with Gasteiger partial charge in [0, 0.05) is 5.57 Å². The molecule has 0 bridgehead atoms. The number of ether oxygens (including phenoxy) is 1. The van der Waals surface area contributed by atoms with Crippen molar-refractivity contribution in [1.82, 2.24) is 10.6 Å². The van der Waals surface area contributed by atoms with Crippen LogP contribution in [0.3, 0.4) is 0 Å². The Bertz CT molecular complexity index is 597. The lowest BCUT2D eigenvalue weighted by molar-refractivity contribution is -0.133. The summed E-state index contributed by atoms with van der Waals surface area (Å²) in [6.45, 7) is 16.6. The number of alkyl carbamates (subject to hydrolysis) is 1. The fourth-order valence-electron chi connectivity index (χ4n) is 2.59. The van der Waals surface area contributed by atoms with Gasteiger partial charge in [0.15, 0.2) is 0 Å². The fraction of sp³-hybridized carbons (Fsp3) is 0.773. The maximum atomic E-state index is 13.0. The summed E-state index contributed by atoms with van der Waals surface area (Å²) < 4.78 is 5.29. The molecule has 0 unspecified atom stereocenters. The maximum absolute atomic E-state index is 13.0. The molecule has 0 aromatic rings. The number of carbonyl (C=O) groups excluding carboxylic acids is 2. The van der Waals surface area contributed by atoms with Crippen molar-refractivity contribution in [1.29, 1.82) is 0 Å². The van der Waals surface area contributed by atoms with E-state index in [0.29, 0.717) is 12.0 Å². The number of carboxylic acid groups (broad SMARTS) is 1. The molecule has 29 heavy (non-hydrogen) atoms. The quantitative estimate of drug-likeness (QED) is 0.491. The highest BCUT2D eigenvalue weighted by Gasteiger charge is 2.35. The molecule has 0 aliphatic carbocycles. The van der Waals surface area contributed by atoms with E-state index in [1.165, 1.54) is 0 Å². The molecule has 0 heterocycles. The predicted octanol–water partition coefficient (Wildman–Crippen LogP) is 4.27. The van der Waals surface area contributed by atoms with E-state index >= 15 is 0 Å². The standard InChI is InChI=1S/C22H40N2O5/c1-10-11-12-15(19(26)27)13-16(14(2)3)23-18(25)17(21(4,5)6)24-20(28)29-22(7,8)9/h13-14,16-17H,10-12H2,1-9H3,(H,23,25)(H,24,28)(H,26,27)/t16-,17-/m1/s1. The number of hydrogen-bond acceptors (Lipinski definition) is 4. The summed E-state index contributed by atoms with van der Waals surface area (Å²) in [7, 11) is 0. The highest BCUT2D eigenvalue weighted by molar-refractivity contribution is 5.88. The molecule has 2 amide bonds. The van der Waals surface area contributed by atoms with Crippen LogP contribution in [0.2, 0.25) is 0 Å². The summed E-state index contributed by atoms with van der Waals surface area (Å²) in [5.74, 6) is -1.37. The number of amides is 2. The van der Waals surface area contributed by atoms with Gasteiger partial charge in [-0.25, -0.2) is 9.59 Å². The van der Waals surface area contributed by atoms with Crippen molar-refractivity contribution in [3.05, 3.63) is 11.6 Å². The molecule has 7 heteroatoms. The Balaban J connectivity index is 5.55. The van der Waals surface area contributed by atoms with E-state index in [4.69, 9.17) is 4.74 Å². The van der Waals surface area contributed by atoms with Crippen LogP contribution in [0, 0.1) is 11.3 Å². The van der Waals surface area contributed by atoms with Crippen LogP contribution >= 0.6 is 0 Å². The van der Waals surface area contributed by atoms with Gasteiger partial charge >= 0.3 is 12.1 Å². The summed E-state index contributed by atoms with van der Waals surface area (Å²) in [6, 6.07) is -1.30. The highest BCUT2D eigenvalue weighted by Crippen LogP contribution is 2.21. The van der Waals surface area contributed by atoms with Gasteiger partial charge in [-0.15, -0.1) is 0 Å². The van der Waals surface area contributed by atoms with Gasteiger partial charge in [0.05, 0.1) is 6.04 Å². The second kappa shape index (κ2) is 11.2. The van der Waals surface area contributed by atoms with E-state index in [1.807, 2.05) is 41.5 Å². The number of nitrogens with one attached hydrogen (secondary N) is 2. The molecule has 0 fully saturated rings. The molecule has 0 rings (SSSR count). The molecule has 0 aromatic carbocycles. The molecule has 0 aliphatic heterocycles. The Morgan fingerprint density at radius 2 is 1.59 bits per heavy atom. The van der Waals surface area contributed by atoms with Gasteiger partial charge in [0.1, 0.15) is 11.6 Å². The van der Waals surface area contributed by atoms with Crippen LogP contribution < -0.4 is 10.6 Å². The van der Waals surface area contributed by atoms with Crippen LogP contribution in [0.4, 0.5) is 4.79 Å². The molecule has 7 nitrogen and oxygen atoms in total. The van der Waals surface area contributed by atoms with E-state index in [9.17, 15) is 19.5 Å². The van der Waals surface area contributed by atoms with Crippen LogP contribution in [-0.4, -0.2) is 40.8 Å². The zero-order valence-electron chi connectivity index (χ0n) is 19.5. The van der Waals surface area contributed by atoms with Crippen molar-refractivity contribution < 1.29 is 24.2 Å². The van der Waals surface area contributed by atoms with Gasteiger partial charge in [-0.3, -0.25) is 4.79 Å². The topological polar surface area (TPSA) is 105 Å².